The van der Waals surface area contributed by atoms with Crippen LogP contribution in [0.1, 0.15) is 42.1 Å². The fraction of sp³-hybridized carbons (Fsp3) is 0.235. The first-order valence-electron chi connectivity index (χ1n) is 6.66. The van der Waals surface area contributed by atoms with E-state index in [0.717, 1.165) is 12.0 Å². The summed E-state index contributed by atoms with van der Waals surface area (Å²) in [6.07, 6.45) is 0.575. The number of hydrogen-bond donors (Lipinski definition) is 0. The topological polar surface area (TPSA) is 26.3 Å². The fourth-order valence-corrected chi connectivity index (χ4v) is 3.10. The Labute approximate surface area is 123 Å². The molecule has 2 nitrogen and oxygen atoms in total. The van der Waals surface area contributed by atoms with Crippen molar-refractivity contribution in [2.24, 2.45) is 0 Å². The molecule has 0 N–H and O–H groups in total. The Kier molecular flexibility index (Phi) is 3.49. The number of rotatable bonds is 2. The third-order valence-corrected chi connectivity index (χ3v) is 3.97. The van der Waals surface area contributed by atoms with Crippen LogP contribution in [0.4, 0.5) is 0 Å². The number of ether oxygens (including phenoxy) is 1. The average Bonchev–Trinajstić information content (AvgIpc) is 2.77. The summed E-state index contributed by atoms with van der Waals surface area (Å²) < 4.78 is 5.45. The van der Waals surface area contributed by atoms with E-state index in [1.165, 1.54) is 18.1 Å². The van der Waals surface area contributed by atoms with Gasteiger partial charge in [0, 0.05) is 17.9 Å². The molecule has 20 heavy (non-hydrogen) atoms. The lowest BCUT2D eigenvalue weighted by molar-refractivity contribution is -0.146. The predicted octanol–water partition coefficient (Wildman–Crippen LogP) is 4.48. The molecule has 2 aromatic carbocycles. The molecular weight excluding hydrogens is 272 g/mol. The lowest BCUT2D eigenvalue weighted by atomic mass is 9.93. The third kappa shape index (κ3) is 2.44. The van der Waals surface area contributed by atoms with Gasteiger partial charge in [-0.05, 0) is 35.2 Å². The van der Waals surface area contributed by atoms with Crippen molar-refractivity contribution in [1.82, 2.24) is 0 Å². The molecule has 0 saturated carbocycles. The van der Waals surface area contributed by atoms with E-state index in [1.54, 1.807) is 0 Å². The Bertz CT molecular complexity index is 637. The van der Waals surface area contributed by atoms with Gasteiger partial charge >= 0.3 is 5.97 Å². The molecule has 3 rings (SSSR count). The summed E-state index contributed by atoms with van der Waals surface area (Å²) in [5, 5.41) is 0.676. The van der Waals surface area contributed by atoms with Crippen molar-refractivity contribution in [1.29, 1.82) is 0 Å². The first-order valence-corrected chi connectivity index (χ1v) is 7.04. The van der Waals surface area contributed by atoms with Gasteiger partial charge in [0.2, 0.25) is 0 Å². The molecule has 0 heterocycles. The van der Waals surface area contributed by atoms with Crippen molar-refractivity contribution >= 4 is 17.6 Å². The van der Waals surface area contributed by atoms with E-state index in [-0.39, 0.29) is 18.0 Å². The minimum atomic E-state index is -0.255. The Morgan fingerprint density at radius 1 is 1.15 bits per heavy atom. The molecule has 2 atom stereocenters. The maximum Gasteiger partial charge on any atom is 0.303 e. The second-order valence-electron chi connectivity index (χ2n) is 5.07. The van der Waals surface area contributed by atoms with Crippen molar-refractivity contribution in [3.8, 4) is 0 Å². The van der Waals surface area contributed by atoms with Crippen LogP contribution < -0.4 is 0 Å². The zero-order chi connectivity index (χ0) is 14.1. The van der Waals surface area contributed by atoms with Gasteiger partial charge in [0.05, 0.1) is 0 Å². The quantitative estimate of drug-likeness (QED) is 0.761. The highest BCUT2D eigenvalue weighted by molar-refractivity contribution is 6.30. The van der Waals surface area contributed by atoms with Gasteiger partial charge in [0.25, 0.3) is 0 Å². The molecule has 1 aliphatic rings. The standard InChI is InChI=1S/C17H15ClO2/c1-11(19)20-17-10-15(12-5-3-2-4-6-12)14-8-7-13(18)9-16(14)17/h2-9,15,17H,10H2,1H3. The summed E-state index contributed by atoms with van der Waals surface area (Å²) in [7, 11) is 0. The highest BCUT2D eigenvalue weighted by Crippen LogP contribution is 2.46. The average molecular weight is 287 g/mol. The first-order chi connectivity index (χ1) is 9.65. The monoisotopic (exact) mass is 286 g/mol. The van der Waals surface area contributed by atoms with Gasteiger partial charge in [-0.15, -0.1) is 0 Å². The Balaban J connectivity index is 2.02. The van der Waals surface area contributed by atoms with Gasteiger partial charge < -0.3 is 4.74 Å². The SMILES string of the molecule is CC(=O)OC1CC(c2ccccc2)c2ccc(Cl)cc21. The minimum Gasteiger partial charge on any atom is -0.458 e. The van der Waals surface area contributed by atoms with Crippen LogP contribution in [-0.4, -0.2) is 5.97 Å². The molecule has 102 valence electrons. The smallest absolute Gasteiger partial charge is 0.303 e. The van der Waals surface area contributed by atoms with Crippen LogP contribution in [-0.2, 0) is 9.53 Å². The van der Waals surface area contributed by atoms with E-state index in [2.05, 4.69) is 12.1 Å². The maximum absolute atomic E-state index is 11.3. The molecule has 0 aliphatic heterocycles. The molecule has 1 aliphatic carbocycles. The summed E-state index contributed by atoms with van der Waals surface area (Å²) in [4.78, 5) is 11.3. The van der Waals surface area contributed by atoms with E-state index in [0.29, 0.717) is 5.02 Å². The number of esters is 1. The van der Waals surface area contributed by atoms with E-state index >= 15 is 0 Å². The second-order valence-corrected chi connectivity index (χ2v) is 5.51. The van der Waals surface area contributed by atoms with Gasteiger partial charge in [-0.25, -0.2) is 0 Å². The van der Waals surface area contributed by atoms with E-state index < -0.39 is 0 Å². The van der Waals surface area contributed by atoms with Gasteiger partial charge in [-0.1, -0.05) is 48.0 Å². The van der Waals surface area contributed by atoms with E-state index in [1.807, 2.05) is 36.4 Å². The molecule has 0 radical (unpaired) electrons. The van der Waals surface area contributed by atoms with Crippen LogP contribution in [0.5, 0.6) is 0 Å². The number of halogens is 1. The fourth-order valence-electron chi connectivity index (χ4n) is 2.92. The molecular formula is C17H15ClO2. The summed E-state index contributed by atoms with van der Waals surface area (Å²) in [6.45, 7) is 1.44. The highest BCUT2D eigenvalue weighted by Gasteiger charge is 2.33. The van der Waals surface area contributed by atoms with Crippen LogP contribution in [0.2, 0.25) is 5.02 Å². The summed E-state index contributed by atoms with van der Waals surface area (Å²) >= 11 is 6.08. The zero-order valence-corrected chi connectivity index (χ0v) is 11.9. The Morgan fingerprint density at radius 3 is 2.60 bits per heavy atom. The van der Waals surface area contributed by atoms with Crippen LogP contribution in [0, 0.1) is 0 Å². The summed E-state index contributed by atoms with van der Waals surface area (Å²) in [6, 6.07) is 16.1. The number of carbonyl (C=O) groups excluding carboxylic acids is 1. The van der Waals surface area contributed by atoms with Crippen LogP contribution in [0.3, 0.4) is 0 Å². The van der Waals surface area contributed by atoms with Crippen molar-refractivity contribution in [2.45, 2.75) is 25.4 Å². The normalized spacial score (nSPS) is 20.5. The summed E-state index contributed by atoms with van der Waals surface area (Å²) in [5.74, 6) is 0.00227. The molecule has 0 saturated heterocycles. The predicted molar refractivity (Wildman–Crippen MR) is 78.9 cm³/mol. The third-order valence-electron chi connectivity index (χ3n) is 3.73. The number of hydrogen-bond acceptors (Lipinski definition) is 2. The highest BCUT2D eigenvalue weighted by atomic mass is 35.5. The molecule has 0 aromatic heterocycles. The van der Waals surface area contributed by atoms with Gasteiger partial charge in [0.1, 0.15) is 6.10 Å². The zero-order valence-electron chi connectivity index (χ0n) is 11.2. The van der Waals surface area contributed by atoms with Crippen LogP contribution >= 0.6 is 11.6 Å². The van der Waals surface area contributed by atoms with Gasteiger partial charge in [-0.3, -0.25) is 4.79 Å². The molecule has 0 spiro atoms. The molecule has 0 amide bonds. The summed E-state index contributed by atoms with van der Waals surface area (Å²) in [5.41, 5.74) is 3.47. The molecule has 2 unspecified atom stereocenters. The number of fused-ring (bicyclic) bond motifs is 1. The van der Waals surface area contributed by atoms with Crippen molar-refractivity contribution < 1.29 is 9.53 Å². The van der Waals surface area contributed by atoms with Gasteiger partial charge in [0.15, 0.2) is 0 Å². The Morgan fingerprint density at radius 2 is 1.90 bits per heavy atom. The van der Waals surface area contributed by atoms with Crippen LogP contribution in [0.25, 0.3) is 0 Å². The van der Waals surface area contributed by atoms with Crippen LogP contribution in [0.15, 0.2) is 48.5 Å². The van der Waals surface area contributed by atoms with Crippen molar-refractivity contribution in [2.75, 3.05) is 0 Å². The molecule has 0 bridgehead atoms. The molecule has 3 heteroatoms. The lowest BCUT2D eigenvalue weighted by Crippen LogP contribution is -2.05. The largest absolute Gasteiger partial charge is 0.458 e. The number of benzene rings is 2. The second kappa shape index (κ2) is 5.29. The minimum absolute atomic E-state index is 0.202. The van der Waals surface area contributed by atoms with Crippen molar-refractivity contribution in [3.63, 3.8) is 0 Å². The lowest BCUT2D eigenvalue weighted by Gasteiger charge is -2.12. The molecule has 2 aromatic rings. The van der Waals surface area contributed by atoms with Crippen molar-refractivity contribution in [3.05, 3.63) is 70.2 Å². The Hall–Kier alpha value is -1.80. The molecule has 0 fully saturated rings. The van der Waals surface area contributed by atoms with E-state index in [4.69, 9.17) is 16.3 Å². The van der Waals surface area contributed by atoms with Gasteiger partial charge in [-0.2, -0.15) is 0 Å². The maximum atomic E-state index is 11.3. The van der Waals surface area contributed by atoms with E-state index in [9.17, 15) is 4.79 Å². The number of carbonyl (C=O) groups is 1. The first kappa shape index (κ1) is 13.2.